The average molecular weight is 480 g/mol. The number of anilines is 1. The van der Waals surface area contributed by atoms with E-state index >= 15 is 0 Å². The summed E-state index contributed by atoms with van der Waals surface area (Å²) >= 11 is 5.35. The third kappa shape index (κ3) is 4.40. The van der Waals surface area contributed by atoms with E-state index in [1.165, 1.54) is 16.0 Å². The Balaban J connectivity index is 1.55. The molecule has 174 valence electrons. The molecule has 6 heteroatoms. The molecule has 1 N–H and O–H groups in total. The van der Waals surface area contributed by atoms with Crippen LogP contribution in [0.4, 0.5) is 5.69 Å². The summed E-state index contributed by atoms with van der Waals surface area (Å²) in [6.45, 7) is 4.83. The van der Waals surface area contributed by atoms with E-state index < -0.39 is 11.8 Å². The van der Waals surface area contributed by atoms with E-state index in [1.807, 2.05) is 54.7 Å². The molecule has 3 aromatic carbocycles. The summed E-state index contributed by atoms with van der Waals surface area (Å²) in [5.41, 5.74) is 6.07. The number of nitrogens with one attached hydrogen (secondary N) is 1. The van der Waals surface area contributed by atoms with E-state index in [0.717, 1.165) is 28.5 Å². The Morgan fingerprint density at radius 3 is 2.46 bits per heavy atom. The molecule has 5 rings (SSSR count). The smallest absolute Gasteiger partial charge is 0.270 e. The number of amides is 2. The van der Waals surface area contributed by atoms with Crippen molar-refractivity contribution < 1.29 is 9.59 Å². The van der Waals surface area contributed by atoms with Gasteiger partial charge in [0.1, 0.15) is 5.57 Å². The largest absolute Gasteiger partial charge is 0.342 e. The second-order valence-corrected chi connectivity index (χ2v) is 9.08. The summed E-state index contributed by atoms with van der Waals surface area (Å²) in [4.78, 5) is 27.7. The first-order chi connectivity index (χ1) is 16.9. The topological polar surface area (TPSA) is 54.3 Å². The highest BCUT2D eigenvalue weighted by Crippen LogP contribution is 2.27. The molecule has 1 aliphatic heterocycles. The van der Waals surface area contributed by atoms with Gasteiger partial charge in [-0.3, -0.25) is 19.8 Å². The minimum atomic E-state index is -0.489. The van der Waals surface area contributed by atoms with E-state index in [2.05, 4.69) is 48.0 Å². The SMILES string of the molecule is CCc1ccc(N2C(=O)C(=Cc3cn(Cc4cccc(C)c4)c4ccccc34)C(=O)NC2=S)cc1. The molecule has 0 saturated carbocycles. The molecule has 0 radical (unpaired) electrons. The molecule has 0 atom stereocenters. The molecule has 1 fully saturated rings. The van der Waals surface area contributed by atoms with Gasteiger partial charge < -0.3 is 4.57 Å². The molecule has 0 unspecified atom stereocenters. The van der Waals surface area contributed by atoms with Gasteiger partial charge in [-0.2, -0.15) is 0 Å². The van der Waals surface area contributed by atoms with Crippen molar-refractivity contribution in [3.05, 3.63) is 107 Å². The van der Waals surface area contributed by atoms with Gasteiger partial charge in [0, 0.05) is 29.2 Å². The molecule has 2 amide bonds. The predicted molar refractivity (Wildman–Crippen MR) is 144 cm³/mol. The summed E-state index contributed by atoms with van der Waals surface area (Å²) < 4.78 is 2.15. The summed E-state index contributed by atoms with van der Waals surface area (Å²) in [5.74, 6) is -0.921. The molecule has 4 aromatic rings. The quantitative estimate of drug-likeness (QED) is 0.237. The molecule has 0 aliphatic carbocycles. The van der Waals surface area contributed by atoms with Gasteiger partial charge in [-0.1, -0.05) is 67.1 Å². The summed E-state index contributed by atoms with van der Waals surface area (Å²) in [7, 11) is 0. The standard InChI is InChI=1S/C29H25N3O2S/c1-3-20-11-13-23(14-12-20)32-28(34)25(27(33)30-29(32)35)16-22-18-31(26-10-5-4-9-24(22)26)17-21-8-6-7-19(2)15-21/h4-16,18H,3,17H2,1-2H3,(H,30,33,35). The molecule has 35 heavy (non-hydrogen) atoms. The van der Waals surface area contributed by atoms with Crippen LogP contribution in [0, 0.1) is 6.92 Å². The average Bonchev–Trinajstić information content (AvgIpc) is 3.19. The third-order valence-corrected chi connectivity index (χ3v) is 6.54. The number of thiocarbonyl (C=S) groups is 1. The summed E-state index contributed by atoms with van der Waals surface area (Å²) in [6, 6.07) is 24.0. The fraction of sp³-hybridized carbons (Fsp3) is 0.138. The molecule has 0 spiro atoms. The minimum absolute atomic E-state index is 0.0524. The third-order valence-electron chi connectivity index (χ3n) is 6.26. The van der Waals surface area contributed by atoms with E-state index in [0.29, 0.717) is 12.2 Å². The summed E-state index contributed by atoms with van der Waals surface area (Å²) in [6.07, 6.45) is 4.56. The highest BCUT2D eigenvalue weighted by molar-refractivity contribution is 7.80. The van der Waals surface area contributed by atoms with Gasteiger partial charge in [0.2, 0.25) is 0 Å². The number of aromatic nitrogens is 1. The number of hydrogen-bond donors (Lipinski definition) is 1. The van der Waals surface area contributed by atoms with Crippen molar-refractivity contribution in [3.63, 3.8) is 0 Å². The fourth-order valence-electron chi connectivity index (χ4n) is 4.46. The number of carbonyl (C=O) groups excluding carboxylic acids is 2. The first-order valence-corrected chi connectivity index (χ1v) is 12.0. The molecular weight excluding hydrogens is 454 g/mol. The lowest BCUT2D eigenvalue weighted by molar-refractivity contribution is -0.122. The van der Waals surface area contributed by atoms with Crippen LogP contribution in [0.1, 0.15) is 29.2 Å². The Labute approximate surface area is 209 Å². The van der Waals surface area contributed by atoms with Crippen molar-refractivity contribution in [1.29, 1.82) is 0 Å². The van der Waals surface area contributed by atoms with E-state index in [4.69, 9.17) is 12.2 Å². The van der Waals surface area contributed by atoms with E-state index in [9.17, 15) is 9.59 Å². The second-order valence-electron chi connectivity index (χ2n) is 8.70. The predicted octanol–water partition coefficient (Wildman–Crippen LogP) is 5.39. The normalized spacial score (nSPS) is 15.2. The molecule has 0 bridgehead atoms. The Morgan fingerprint density at radius 2 is 1.71 bits per heavy atom. The maximum absolute atomic E-state index is 13.5. The second kappa shape index (κ2) is 9.31. The first-order valence-electron chi connectivity index (χ1n) is 11.6. The zero-order valence-electron chi connectivity index (χ0n) is 19.6. The number of benzene rings is 3. The highest BCUT2D eigenvalue weighted by Gasteiger charge is 2.34. The molecule has 1 aromatic heterocycles. The van der Waals surface area contributed by atoms with Crippen molar-refractivity contribution in [2.24, 2.45) is 0 Å². The monoisotopic (exact) mass is 479 g/mol. The molecule has 5 nitrogen and oxygen atoms in total. The number of rotatable bonds is 5. The molecule has 1 aliphatic rings. The Morgan fingerprint density at radius 1 is 0.943 bits per heavy atom. The highest BCUT2D eigenvalue weighted by atomic mass is 32.1. The van der Waals surface area contributed by atoms with Gasteiger partial charge in [0.05, 0.1) is 5.69 Å². The zero-order chi connectivity index (χ0) is 24.5. The Kier molecular flexibility index (Phi) is 6.05. The van der Waals surface area contributed by atoms with Crippen LogP contribution in [0.5, 0.6) is 0 Å². The van der Waals surface area contributed by atoms with Gasteiger partial charge in [0.25, 0.3) is 11.8 Å². The fourth-order valence-corrected chi connectivity index (χ4v) is 4.74. The van der Waals surface area contributed by atoms with Crippen molar-refractivity contribution in [2.45, 2.75) is 26.8 Å². The van der Waals surface area contributed by atoms with E-state index in [-0.39, 0.29) is 10.7 Å². The van der Waals surface area contributed by atoms with Gasteiger partial charge >= 0.3 is 0 Å². The van der Waals surface area contributed by atoms with Crippen molar-refractivity contribution in [2.75, 3.05) is 4.90 Å². The number of aryl methyl sites for hydroxylation is 2. The van der Waals surface area contributed by atoms with Gasteiger partial charge in [-0.25, -0.2) is 0 Å². The van der Waals surface area contributed by atoms with Crippen LogP contribution in [0.2, 0.25) is 0 Å². The molecule has 1 saturated heterocycles. The van der Waals surface area contributed by atoms with Crippen molar-refractivity contribution in [3.8, 4) is 0 Å². The van der Waals surface area contributed by atoms with Gasteiger partial charge in [-0.05, 0) is 61.0 Å². The van der Waals surface area contributed by atoms with Gasteiger partial charge in [-0.15, -0.1) is 0 Å². The first kappa shape index (κ1) is 22.7. The molecular formula is C29H25N3O2S. The number of para-hydroxylation sites is 1. The van der Waals surface area contributed by atoms with Crippen LogP contribution in [0.3, 0.4) is 0 Å². The number of carbonyl (C=O) groups is 2. The van der Waals surface area contributed by atoms with Crippen LogP contribution >= 0.6 is 12.2 Å². The number of fused-ring (bicyclic) bond motifs is 1. The van der Waals surface area contributed by atoms with Crippen molar-refractivity contribution >= 4 is 51.8 Å². The lowest BCUT2D eigenvalue weighted by Gasteiger charge is -2.29. The van der Waals surface area contributed by atoms with Crippen LogP contribution in [0.25, 0.3) is 17.0 Å². The lowest BCUT2D eigenvalue weighted by atomic mass is 10.1. The maximum Gasteiger partial charge on any atom is 0.270 e. The Bertz CT molecular complexity index is 1500. The number of hydrogen-bond acceptors (Lipinski definition) is 3. The summed E-state index contributed by atoms with van der Waals surface area (Å²) in [5, 5.41) is 3.74. The maximum atomic E-state index is 13.5. The Hall–Kier alpha value is -4.03. The lowest BCUT2D eigenvalue weighted by Crippen LogP contribution is -2.54. The minimum Gasteiger partial charge on any atom is -0.342 e. The zero-order valence-corrected chi connectivity index (χ0v) is 20.4. The van der Waals surface area contributed by atoms with E-state index in [1.54, 1.807) is 6.08 Å². The van der Waals surface area contributed by atoms with Crippen LogP contribution in [-0.2, 0) is 22.6 Å². The van der Waals surface area contributed by atoms with Crippen LogP contribution < -0.4 is 10.2 Å². The number of nitrogens with zero attached hydrogens (tertiary/aromatic N) is 2. The van der Waals surface area contributed by atoms with Crippen LogP contribution in [-0.4, -0.2) is 21.5 Å². The van der Waals surface area contributed by atoms with Crippen molar-refractivity contribution in [1.82, 2.24) is 9.88 Å². The van der Waals surface area contributed by atoms with Crippen LogP contribution in [0.15, 0.2) is 84.6 Å². The molecule has 2 heterocycles. The van der Waals surface area contributed by atoms with Gasteiger partial charge in [0.15, 0.2) is 5.11 Å².